The van der Waals surface area contributed by atoms with E-state index >= 15 is 0 Å². The van der Waals surface area contributed by atoms with Gasteiger partial charge in [0, 0.05) is 6.54 Å². The highest BCUT2D eigenvalue weighted by Crippen LogP contribution is 2.32. The van der Waals surface area contributed by atoms with Crippen LogP contribution in [0, 0.1) is 0 Å². The Morgan fingerprint density at radius 2 is 2.15 bits per heavy atom. The number of amides is 1. The first-order valence-corrected chi connectivity index (χ1v) is 7.63. The Morgan fingerprint density at radius 1 is 1.45 bits per heavy atom. The van der Waals surface area contributed by atoms with Crippen LogP contribution < -0.4 is 10.1 Å². The average Bonchev–Trinajstić information content (AvgIpc) is 2.83. The number of ether oxygens (including phenoxy) is 1. The number of carbonyl (C=O) groups excluding carboxylic acids is 1. The Balaban J connectivity index is 1.85. The van der Waals surface area contributed by atoms with Crippen LogP contribution in [-0.4, -0.2) is 23.7 Å². The summed E-state index contributed by atoms with van der Waals surface area (Å²) in [6.45, 7) is 0.456. The van der Waals surface area contributed by atoms with Gasteiger partial charge in [0.25, 0.3) is 0 Å². The Kier molecular flexibility index (Phi) is 5.05. The summed E-state index contributed by atoms with van der Waals surface area (Å²) >= 11 is 3.42. The van der Waals surface area contributed by atoms with Crippen molar-refractivity contribution in [2.24, 2.45) is 0 Å². The van der Waals surface area contributed by atoms with Crippen molar-refractivity contribution in [1.82, 2.24) is 5.32 Å². The molecule has 1 aromatic rings. The highest BCUT2D eigenvalue weighted by Gasteiger charge is 2.33. The fourth-order valence-corrected chi connectivity index (χ4v) is 3.18. The molecule has 1 amide bonds. The van der Waals surface area contributed by atoms with E-state index in [1.807, 2.05) is 18.2 Å². The van der Waals surface area contributed by atoms with Crippen LogP contribution in [-0.2, 0) is 11.3 Å². The molecule has 0 unspecified atom stereocenters. The van der Waals surface area contributed by atoms with Gasteiger partial charge in [-0.05, 0) is 46.5 Å². The second-order valence-corrected chi connectivity index (χ2v) is 6.21. The third-order valence-electron chi connectivity index (χ3n) is 3.73. The van der Waals surface area contributed by atoms with E-state index in [4.69, 9.17) is 4.74 Å². The Bertz CT molecular complexity index is 484. The van der Waals surface area contributed by atoms with Crippen LogP contribution >= 0.6 is 15.9 Å². The summed E-state index contributed by atoms with van der Waals surface area (Å²) in [6.07, 6.45) is 3.68. The van der Waals surface area contributed by atoms with Crippen LogP contribution in [0.1, 0.15) is 37.7 Å². The van der Waals surface area contributed by atoms with Gasteiger partial charge in [-0.15, -0.1) is 0 Å². The minimum absolute atomic E-state index is 0.0960. The summed E-state index contributed by atoms with van der Waals surface area (Å²) in [4.78, 5) is 11.9. The molecule has 4 nitrogen and oxygen atoms in total. The average molecular weight is 342 g/mol. The molecule has 0 spiro atoms. The maximum Gasteiger partial charge on any atom is 0.223 e. The molecule has 0 bridgehead atoms. The third-order valence-corrected chi connectivity index (χ3v) is 4.35. The fourth-order valence-electron chi connectivity index (χ4n) is 2.59. The summed E-state index contributed by atoms with van der Waals surface area (Å²) < 4.78 is 6.02. The number of methoxy groups -OCH3 is 1. The molecule has 2 N–H and O–H groups in total. The van der Waals surface area contributed by atoms with Gasteiger partial charge < -0.3 is 15.2 Å². The van der Waals surface area contributed by atoms with Crippen molar-refractivity contribution >= 4 is 21.8 Å². The molecule has 1 aromatic carbocycles. The Morgan fingerprint density at radius 3 is 2.75 bits per heavy atom. The lowest BCUT2D eigenvalue weighted by Gasteiger charge is -2.21. The first-order valence-electron chi connectivity index (χ1n) is 6.84. The normalized spacial score (nSPS) is 16.9. The molecule has 2 rings (SSSR count). The molecule has 0 atom stereocenters. The highest BCUT2D eigenvalue weighted by atomic mass is 79.9. The van der Waals surface area contributed by atoms with Crippen LogP contribution in [0.2, 0.25) is 0 Å². The number of carbonyl (C=O) groups is 1. The molecule has 1 aliphatic rings. The van der Waals surface area contributed by atoms with Crippen LogP contribution in [0.15, 0.2) is 22.7 Å². The first kappa shape index (κ1) is 15.3. The van der Waals surface area contributed by atoms with Gasteiger partial charge >= 0.3 is 0 Å². The van der Waals surface area contributed by atoms with Gasteiger partial charge in [0.15, 0.2) is 0 Å². The summed E-state index contributed by atoms with van der Waals surface area (Å²) in [7, 11) is 1.61. The number of hydrogen-bond acceptors (Lipinski definition) is 3. The molecule has 0 saturated heterocycles. The van der Waals surface area contributed by atoms with Crippen LogP contribution in [0.5, 0.6) is 5.75 Å². The lowest BCUT2D eigenvalue weighted by molar-refractivity contribution is -0.126. The van der Waals surface area contributed by atoms with E-state index in [0.717, 1.165) is 41.5 Å². The molecule has 1 aliphatic carbocycles. The topological polar surface area (TPSA) is 58.6 Å². The van der Waals surface area contributed by atoms with Crippen molar-refractivity contribution in [2.75, 3.05) is 7.11 Å². The van der Waals surface area contributed by atoms with E-state index in [1.54, 1.807) is 7.11 Å². The number of rotatable bonds is 5. The zero-order valence-electron chi connectivity index (χ0n) is 11.6. The van der Waals surface area contributed by atoms with E-state index in [0.29, 0.717) is 6.54 Å². The van der Waals surface area contributed by atoms with Gasteiger partial charge in [-0.25, -0.2) is 0 Å². The van der Waals surface area contributed by atoms with Gasteiger partial charge in [0.1, 0.15) is 5.75 Å². The maximum absolute atomic E-state index is 11.9. The molecule has 0 aromatic heterocycles. The monoisotopic (exact) mass is 341 g/mol. The number of halogens is 1. The van der Waals surface area contributed by atoms with Crippen LogP contribution in [0.25, 0.3) is 0 Å². The first-order chi connectivity index (χ1) is 9.52. The van der Waals surface area contributed by atoms with Gasteiger partial charge in [0.05, 0.1) is 23.6 Å². The van der Waals surface area contributed by atoms with Crippen molar-refractivity contribution in [1.29, 1.82) is 0 Å². The van der Waals surface area contributed by atoms with E-state index in [-0.39, 0.29) is 12.3 Å². The SMILES string of the molecule is COc1ccc(CNC(=O)CC2(O)CCCC2)cc1Br. The minimum atomic E-state index is -0.787. The van der Waals surface area contributed by atoms with Crippen LogP contribution in [0.3, 0.4) is 0 Å². The maximum atomic E-state index is 11.9. The predicted octanol–water partition coefficient (Wildman–Crippen LogP) is 2.77. The zero-order valence-corrected chi connectivity index (χ0v) is 13.2. The summed E-state index contributed by atoms with van der Waals surface area (Å²) in [5, 5.41) is 13.0. The van der Waals surface area contributed by atoms with Gasteiger partial charge in [-0.1, -0.05) is 18.9 Å². The van der Waals surface area contributed by atoms with Gasteiger partial charge in [-0.3, -0.25) is 4.79 Å². The second-order valence-electron chi connectivity index (χ2n) is 5.35. The lowest BCUT2D eigenvalue weighted by atomic mass is 9.97. The zero-order chi connectivity index (χ0) is 14.6. The number of nitrogens with one attached hydrogen (secondary N) is 1. The molecule has 0 radical (unpaired) electrons. The second kappa shape index (κ2) is 6.59. The minimum Gasteiger partial charge on any atom is -0.496 e. The molecule has 1 saturated carbocycles. The van der Waals surface area contributed by atoms with Gasteiger partial charge in [0.2, 0.25) is 5.91 Å². The van der Waals surface area contributed by atoms with E-state index in [1.165, 1.54) is 0 Å². The third kappa shape index (κ3) is 3.96. The fraction of sp³-hybridized carbons (Fsp3) is 0.533. The quantitative estimate of drug-likeness (QED) is 0.865. The summed E-state index contributed by atoms with van der Waals surface area (Å²) in [6, 6.07) is 5.69. The molecule has 110 valence electrons. The Hall–Kier alpha value is -1.07. The smallest absolute Gasteiger partial charge is 0.223 e. The highest BCUT2D eigenvalue weighted by molar-refractivity contribution is 9.10. The number of hydrogen-bond donors (Lipinski definition) is 2. The lowest BCUT2D eigenvalue weighted by Crippen LogP contribution is -2.34. The Labute approximate surface area is 127 Å². The van der Waals surface area contributed by atoms with Crippen molar-refractivity contribution in [2.45, 2.75) is 44.2 Å². The molecule has 1 fully saturated rings. The summed E-state index contributed by atoms with van der Waals surface area (Å²) in [5.74, 6) is 0.668. The van der Waals surface area contributed by atoms with Crippen LogP contribution in [0.4, 0.5) is 0 Å². The van der Waals surface area contributed by atoms with E-state index < -0.39 is 5.60 Å². The number of aliphatic hydroxyl groups is 1. The van der Waals surface area contributed by atoms with Crippen molar-refractivity contribution in [3.8, 4) is 5.75 Å². The summed E-state index contributed by atoms with van der Waals surface area (Å²) in [5.41, 5.74) is 0.203. The molecule has 5 heteroatoms. The molecule has 0 heterocycles. The molecule has 20 heavy (non-hydrogen) atoms. The van der Waals surface area contributed by atoms with E-state index in [2.05, 4.69) is 21.2 Å². The van der Waals surface area contributed by atoms with Crippen molar-refractivity contribution in [3.63, 3.8) is 0 Å². The number of benzene rings is 1. The molecule has 0 aliphatic heterocycles. The van der Waals surface area contributed by atoms with Crippen molar-refractivity contribution < 1.29 is 14.6 Å². The molecular weight excluding hydrogens is 322 g/mol. The predicted molar refractivity (Wildman–Crippen MR) is 80.6 cm³/mol. The standard InChI is InChI=1S/C15H20BrNO3/c1-20-13-5-4-11(8-12(13)16)10-17-14(18)9-15(19)6-2-3-7-15/h4-5,8,19H,2-3,6-7,9-10H2,1H3,(H,17,18). The molecular formula is C15H20BrNO3. The van der Waals surface area contributed by atoms with Crippen molar-refractivity contribution in [3.05, 3.63) is 28.2 Å². The van der Waals surface area contributed by atoms with Gasteiger partial charge in [-0.2, -0.15) is 0 Å². The largest absolute Gasteiger partial charge is 0.496 e. The van der Waals surface area contributed by atoms with E-state index in [9.17, 15) is 9.90 Å².